The Labute approximate surface area is 158 Å². The largest absolute Gasteiger partial charge is 0.496 e. The van der Waals surface area contributed by atoms with E-state index in [1.165, 1.54) is 11.3 Å². The highest BCUT2D eigenvalue weighted by Crippen LogP contribution is 2.27. The fourth-order valence-corrected chi connectivity index (χ4v) is 3.35. The summed E-state index contributed by atoms with van der Waals surface area (Å²) in [7, 11) is 1.59. The van der Waals surface area contributed by atoms with E-state index in [1.807, 2.05) is 53.9 Å². The maximum atomic E-state index is 9.64. The number of aromatic nitrogens is 1. The first kappa shape index (κ1) is 17.6. The van der Waals surface area contributed by atoms with Crippen molar-refractivity contribution in [3.8, 4) is 17.0 Å². The summed E-state index contributed by atoms with van der Waals surface area (Å²) < 4.78 is 6.32. The summed E-state index contributed by atoms with van der Waals surface area (Å²) in [6.07, 6.45) is 0. The van der Waals surface area contributed by atoms with Crippen LogP contribution in [0.15, 0.2) is 63.5 Å². The number of hydrazone groups is 1. The van der Waals surface area contributed by atoms with Crippen molar-refractivity contribution in [1.29, 1.82) is 0 Å². The van der Waals surface area contributed by atoms with E-state index in [0.717, 1.165) is 21.3 Å². The topological polar surface area (TPSA) is 66.7 Å². The monoisotopic (exact) mass is 417 g/mol. The maximum Gasteiger partial charge on any atom is 0.203 e. The molecule has 0 saturated carbocycles. The molecule has 5 nitrogen and oxygen atoms in total. The molecule has 0 amide bonds. The Morgan fingerprint density at radius 3 is 2.88 bits per heavy atom. The number of nitrogens with zero attached hydrogens (tertiary/aromatic N) is 2. The van der Waals surface area contributed by atoms with Gasteiger partial charge in [0.2, 0.25) is 5.13 Å². The number of benzene rings is 2. The summed E-state index contributed by atoms with van der Waals surface area (Å²) in [6.45, 7) is -0.211. The minimum atomic E-state index is -0.211. The number of aliphatic hydroxyl groups excluding tert-OH is 1. The third kappa shape index (κ3) is 4.25. The Morgan fingerprint density at radius 2 is 2.12 bits per heavy atom. The van der Waals surface area contributed by atoms with Gasteiger partial charge in [-0.25, -0.2) is 4.98 Å². The van der Waals surface area contributed by atoms with E-state index in [1.54, 1.807) is 7.11 Å². The van der Waals surface area contributed by atoms with Crippen molar-refractivity contribution in [1.82, 2.24) is 4.98 Å². The second-order valence-electron chi connectivity index (χ2n) is 5.08. The highest BCUT2D eigenvalue weighted by Gasteiger charge is 2.10. The number of ether oxygens (including phenoxy) is 1. The number of anilines is 1. The standard InChI is InChI=1S/C18H16BrN3O2S/c1-24-17-8-3-2-7-14(17)15(10-23)21-22-18-20-16(11-25-18)12-5-4-6-13(19)9-12/h2-9,11,23H,10H2,1H3,(H,20,22)/b21-15+. The van der Waals surface area contributed by atoms with Crippen LogP contribution in [-0.4, -0.2) is 29.5 Å². The molecule has 0 spiro atoms. The summed E-state index contributed by atoms with van der Waals surface area (Å²) in [4.78, 5) is 4.53. The Bertz CT molecular complexity index is 895. The average molecular weight is 418 g/mol. The fraction of sp³-hybridized carbons (Fsp3) is 0.111. The molecule has 0 aliphatic heterocycles. The molecule has 7 heteroatoms. The molecule has 1 aromatic heterocycles. The normalized spacial score (nSPS) is 11.4. The molecule has 3 aromatic rings. The van der Waals surface area contributed by atoms with E-state index in [0.29, 0.717) is 16.6 Å². The second-order valence-corrected chi connectivity index (χ2v) is 6.85. The minimum absolute atomic E-state index is 0.211. The molecule has 0 aliphatic carbocycles. The molecule has 0 saturated heterocycles. The lowest BCUT2D eigenvalue weighted by molar-refractivity contribution is 0.356. The van der Waals surface area contributed by atoms with Gasteiger partial charge in [0.25, 0.3) is 0 Å². The summed E-state index contributed by atoms with van der Waals surface area (Å²) >= 11 is 4.91. The Balaban J connectivity index is 1.81. The van der Waals surface area contributed by atoms with Crippen LogP contribution in [0.4, 0.5) is 5.13 Å². The van der Waals surface area contributed by atoms with Crippen LogP contribution in [0.2, 0.25) is 0 Å². The average Bonchev–Trinajstić information content (AvgIpc) is 3.12. The lowest BCUT2D eigenvalue weighted by Crippen LogP contribution is -2.10. The van der Waals surface area contributed by atoms with Crippen molar-refractivity contribution in [3.63, 3.8) is 0 Å². The molecule has 2 aromatic carbocycles. The third-order valence-corrected chi connectivity index (χ3v) is 4.72. The lowest BCUT2D eigenvalue weighted by atomic mass is 10.1. The summed E-state index contributed by atoms with van der Waals surface area (Å²) in [6, 6.07) is 15.4. The molecule has 25 heavy (non-hydrogen) atoms. The molecular weight excluding hydrogens is 402 g/mol. The number of hydrogen-bond acceptors (Lipinski definition) is 6. The molecule has 1 heterocycles. The van der Waals surface area contributed by atoms with Crippen LogP contribution in [0.25, 0.3) is 11.3 Å². The van der Waals surface area contributed by atoms with Gasteiger partial charge in [0.05, 0.1) is 25.1 Å². The number of rotatable bonds is 6. The van der Waals surface area contributed by atoms with E-state index in [2.05, 4.69) is 31.4 Å². The van der Waals surface area contributed by atoms with Gasteiger partial charge in [-0.05, 0) is 24.3 Å². The van der Waals surface area contributed by atoms with Crippen LogP contribution >= 0.6 is 27.3 Å². The first-order valence-corrected chi connectivity index (χ1v) is 9.17. The molecule has 2 N–H and O–H groups in total. The van der Waals surface area contributed by atoms with Crippen molar-refractivity contribution in [2.24, 2.45) is 5.10 Å². The van der Waals surface area contributed by atoms with Crippen LogP contribution in [0.1, 0.15) is 5.56 Å². The van der Waals surface area contributed by atoms with Crippen molar-refractivity contribution in [3.05, 3.63) is 63.9 Å². The molecule has 0 radical (unpaired) electrons. The zero-order valence-corrected chi connectivity index (χ0v) is 15.8. The molecule has 0 fully saturated rings. The molecule has 0 bridgehead atoms. The van der Waals surface area contributed by atoms with Gasteiger partial charge < -0.3 is 9.84 Å². The predicted octanol–water partition coefficient (Wildman–Crippen LogP) is 4.39. The third-order valence-electron chi connectivity index (χ3n) is 3.48. The number of halogens is 1. The molecule has 0 aliphatic rings. The zero-order chi connectivity index (χ0) is 17.6. The van der Waals surface area contributed by atoms with Gasteiger partial charge >= 0.3 is 0 Å². The van der Waals surface area contributed by atoms with Gasteiger partial charge in [-0.2, -0.15) is 5.10 Å². The first-order valence-electron chi connectivity index (χ1n) is 7.49. The first-order chi connectivity index (χ1) is 12.2. The highest BCUT2D eigenvalue weighted by molar-refractivity contribution is 9.10. The number of nitrogens with one attached hydrogen (secondary N) is 1. The van der Waals surface area contributed by atoms with E-state index in [4.69, 9.17) is 4.74 Å². The van der Waals surface area contributed by atoms with E-state index >= 15 is 0 Å². The van der Waals surface area contributed by atoms with Crippen molar-refractivity contribution in [2.45, 2.75) is 0 Å². The number of thiazole rings is 1. The SMILES string of the molecule is COc1ccccc1/C(CO)=N/Nc1nc(-c2cccc(Br)c2)cs1. The number of aliphatic hydroxyl groups is 1. The summed E-state index contributed by atoms with van der Waals surface area (Å²) in [5.74, 6) is 0.658. The van der Waals surface area contributed by atoms with Crippen LogP contribution in [0, 0.1) is 0 Å². The lowest BCUT2D eigenvalue weighted by Gasteiger charge is -2.09. The van der Waals surface area contributed by atoms with E-state index in [-0.39, 0.29) is 6.61 Å². The van der Waals surface area contributed by atoms with Gasteiger partial charge in [0, 0.05) is 21.0 Å². The summed E-state index contributed by atoms with van der Waals surface area (Å²) in [5.41, 5.74) is 6.03. The highest BCUT2D eigenvalue weighted by atomic mass is 79.9. The Hall–Kier alpha value is -2.22. The molecule has 3 rings (SSSR count). The molecule has 128 valence electrons. The van der Waals surface area contributed by atoms with Crippen LogP contribution < -0.4 is 10.2 Å². The van der Waals surface area contributed by atoms with Crippen LogP contribution in [0.3, 0.4) is 0 Å². The molecule has 0 atom stereocenters. The van der Waals surface area contributed by atoms with Crippen molar-refractivity contribution < 1.29 is 9.84 Å². The molecular formula is C18H16BrN3O2S. The van der Waals surface area contributed by atoms with Crippen molar-refractivity contribution >= 4 is 38.1 Å². The summed E-state index contributed by atoms with van der Waals surface area (Å²) in [5, 5.41) is 16.5. The van der Waals surface area contributed by atoms with Gasteiger partial charge in [-0.3, -0.25) is 5.43 Å². The Morgan fingerprint density at radius 1 is 1.28 bits per heavy atom. The van der Waals surface area contributed by atoms with Crippen molar-refractivity contribution in [2.75, 3.05) is 19.1 Å². The smallest absolute Gasteiger partial charge is 0.203 e. The van der Waals surface area contributed by atoms with Gasteiger partial charge in [0.1, 0.15) is 5.75 Å². The maximum absolute atomic E-state index is 9.64. The second kappa shape index (κ2) is 8.24. The van der Waals surface area contributed by atoms with E-state index < -0.39 is 0 Å². The van der Waals surface area contributed by atoms with Crippen LogP contribution in [0.5, 0.6) is 5.75 Å². The molecule has 0 unspecified atom stereocenters. The van der Waals surface area contributed by atoms with Gasteiger partial charge in [-0.15, -0.1) is 11.3 Å². The van der Waals surface area contributed by atoms with Crippen LogP contribution in [-0.2, 0) is 0 Å². The number of para-hydroxylation sites is 1. The Kier molecular flexibility index (Phi) is 5.80. The van der Waals surface area contributed by atoms with Gasteiger partial charge in [0.15, 0.2) is 0 Å². The minimum Gasteiger partial charge on any atom is -0.496 e. The zero-order valence-electron chi connectivity index (χ0n) is 13.4. The van der Waals surface area contributed by atoms with E-state index in [9.17, 15) is 5.11 Å². The predicted molar refractivity (Wildman–Crippen MR) is 105 cm³/mol. The number of hydrogen-bond donors (Lipinski definition) is 2. The quantitative estimate of drug-likeness (QED) is 0.460. The fourth-order valence-electron chi connectivity index (χ4n) is 2.28. The number of methoxy groups -OCH3 is 1. The van der Waals surface area contributed by atoms with Gasteiger partial charge in [-0.1, -0.05) is 40.2 Å².